The van der Waals surface area contributed by atoms with Crippen molar-refractivity contribution in [1.29, 1.82) is 0 Å². The molecule has 0 bridgehead atoms. The topological polar surface area (TPSA) is 54.9 Å². The quantitative estimate of drug-likeness (QED) is 0.217. The minimum Gasteiger partial charge on any atom is -0.381 e. The Morgan fingerprint density at radius 1 is 0.955 bits per heavy atom. The van der Waals surface area contributed by atoms with Gasteiger partial charge in [-0.3, -0.25) is 4.99 Å². The van der Waals surface area contributed by atoms with Crippen LogP contribution in [0.25, 0.3) is 0 Å². The van der Waals surface area contributed by atoms with E-state index in [0.717, 1.165) is 51.8 Å². The average molecular weight is 429 g/mol. The molecule has 0 aromatic heterocycles. The van der Waals surface area contributed by atoms with E-state index in [1.807, 2.05) is 0 Å². The summed E-state index contributed by atoms with van der Waals surface area (Å²) in [4.78, 5) is 4.52. The summed E-state index contributed by atoms with van der Waals surface area (Å²) in [5.41, 5.74) is 0. The van der Waals surface area contributed by atoms with Crippen molar-refractivity contribution < 1.29 is 9.47 Å². The second-order valence-corrected chi connectivity index (χ2v) is 5.98. The van der Waals surface area contributed by atoms with E-state index in [9.17, 15) is 0 Å². The molecule has 0 amide bonds. The fourth-order valence-electron chi connectivity index (χ4n) is 1.58. The highest BCUT2D eigenvalue weighted by Gasteiger charge is 1.98. The fraction of sp³-hybridized carbons (Fsp3) is 0.938. The maximum atomic E-state index is 5.54. The van der Waals surface area contributed by atoms with E-state index in [1.165, 1.54) is 0 Å². The maximum Gasteiger partial charge on any atom is 0.191 e. The van der Waals surface area contributed by atoms with E-state index in [2.05, 4.69) is 50.2 Å². The molecule has 134 valence electrons. The molecule has 0 aromatic rings. The maximum absolute atomic E-state index is 5.54. The number of nitrogens with zero attached hydrogens (tertiary/aromatic N) is 1. The SMILES string of the molecule is CCNC(=NCCCOCC(C)C)NCCOCC(C)C.I. The Morgan fingerprint density at radius 3 is 2.09 bits per heavy atom. The molecular formula is C16H36IN3O2. The van der Waals surface area contributed by atoms with Crippen molar-refractivity contribution in [1.82, 2.24) is 10.6 Å². The van der Waals surface area contributed by atoms with E-state index < -0.39 is 0 Å². The standard InChI is InChI=1S/C16H35N3O2.HI/c1-6-17-16(19-9-11-21-13-15(4)5)18-8-7-10-20-12-14(2)3;/h14-15H,6-13H2,1-5H3,(H2,17,18,19);1H. The Balaban J connectivity index is 0. The van der Waals surface area contributed by atoms with Crippen LogP contribution in [0.4, 0.5) is 0 Å². The second kappa shape index (κ2) is 17.3. The fourth-order valence-corrected chi connectivity index (χ4v) is 1.58. The Kier molecular flexibility index (Phi) is 19.0. The van der Waals surface area contributed by atoms with Gasteiger partial charge >= 0.3 is 0 Å². The predicted molar refractivity (Wildman–Crippen MR) is 105 cm³/mol. The van der Waals surface area contributed by atoms with Crippen molar-refractivity contribution in [2.24, 2.45) is 16.8 Å². The van der Waals surface area contributed by atoms with Crippen LogP contribution in [-0.4, -0.2) is 52.0 Å². The van der Waals surface area contributed by atoms with Gasteiger partial charge in [-0.2, -0.15) is 0 Å². The molecule has 0 unspecified atom stereocenters. The van der Waals surface area contributed by atoms with Gasteiger partial charge in [0.15, 0.2) is 5.96 Å². The third-order valence-electron chi connectivity index (χ3n) is 2.50. The lowest BCUT2D eigenvalue weighted by molar-refractivity contribution is 0.109. The number of nitrogens with one attached hydrogen (secondary N) is 2. The van der Waals surface area contributed by atoms with Crippen molar-refractivity contribution in [2.75, 3.05) is 46.1 Å². The summed E-state index contributed by atoms with van der Waals surface area (Å²) in [5.74, 6) is 2.03. The molecule has 0 fully saturated rings. The van der Waals surface area contributed by atoms with E-state index in [4.69, 9.17) is 9.47 Å². The van der Waals surface area contributed by atoms with Gasteiger partial charge in [-0.1, -0.05) is 27.7 Å². The van der Waals surface area contributed by atoms with E-state index in [-0.39, 0.29) is 24.0 Å². The van der Waals surface area contributed by atoms with Crippen LogP contribution in [0.5, 0.6) is 0 Å². The van der Waals surface area contributed by atoms with Crippen molar-refractivity contribution >= 4 is 29.9 Å². The third-order valence-corrected chi connectivity index (χ3v) is 2.50. The Morgan fingerprint density at radius 2 is 1.55 bits per heavy atom. The molecule has 6 heteroatoms. The van der Waals surface area contributed by atoms with Crippen LogP contribution in [0, 0.1) is 11.8 Å². The lowest BCUT2D eigenvalue weighted by Gasteiger charge is -2.12. The molecule has 22 heavy (non-hydrogen) atoms. The Bertz CT molecular complexity index is 262. The lowest BCUT2D eigenvalue weighted by atomic mass is 10.2. The van der Waals surface area contributed by atoms with Crippen LogP contribution in [0.2, 0.25) is 0 Å². The molecular weight excluding hydrogens is 393 g/mol. The van der Waals surface area contributed by atoms with Gasteiger partial charge < -0.3 is 20.1 Å². The number of hydrogen-bond acceptors (Lipinski definition) is 3. The summed E-state index contributed by atoms with van der Waals surface area (Å²) < 4.78 is 11.1. The Labute approximate surface area is 154 Å². The number of rotatable bonds is 12. The highest BCUT2D eigenvalue weighted by atomic mass is 127. The Hall–Kier alpha value is -0.0800. The summed E-state index contributed by atoms with van der Waals surface area (Å²) in [6, 6.07) is 0. The monoisotopic (exact) mass is 429 g/mol. The van der Waals surface area contributed by atoms with Gasteiger partial charge in [0.05, 0.1) is 6.61 Å². The van der Waals surface area contributed by atoms with Gasteiger partial charge in [0.1, 0.15) is 0 Å². The normalized spacial score (nSPS) is 11.7. The number of halogens is 1. The lowest BCUT2D eigenvalue weighted by Crippen LogP contribution is -2.39. The molecule has 2 N–H and O–H groups in total. The van der Waals surface area contributed by atoms with Crippen LogP contribution in [0.1, 0.15) is 41.0 Å². The molecule has 0 atom stereocenters. The zero-order valence-electron chi connectivity index (χ0n) is 15.0. The molecule has 0 saturated heterocycles. The summed E-state index contributed by atoms with van der Waals surface area (Å²) in [5, 5.41) is 6.51. The average Bonchev–Trinajstić information content (AvgIpc) is 2.41. The summed E-state index contributed by atoms with van der Waals surface area (Å²) >= 11 is 0. The predicted octanol–water partition coefficient (Wildman–Crippen LogP) is 2.89. The van der Waals surface area contributed by atoms with Gasteiger partial charge in [0, 0.05) is 39.5 Å². The van der Waals surface area contributed by atoms with Gasteiger partial charge in [-0.15, -0.1) is 24.0 Å². The first kappa shape index (κ1) is 24.2. The molecule has 5 nitrogen and oxygen atoms in total. The van der Waals surface area contributed by atoms with Crippen LogP contribution in [-0.2, 0) is 9.47 Å². The third kappa shape index (κ3) is 18.0. The molecule has 0 rings (SSSR count). The first-order valence-corrected chi connectivity index (χ1v) is 8.23. The zero-order chi connectivity index (χ0) is 15.9. The summed E-state index contributed by atoms with van der Waals surface area (Å²) in [6.07, 6.45) is 0.952. The smallest absolute Gasteiger partial charge is 0.191 e. The van der Waals surface area contributed by atoms with Gasteiger partial charge in [-0.05, 0) is 25.2 Å². The number of aliphatic imine (C=N–C) groups is 1. The molecule has 0 spiro atoms. The van der Waals surface area contributed by atoms with Crippen LogP contribution in [0.15, 0.2) is 4.99 Å². The van der Waals surface area contributed by atoms with Crippen molar-refractivity contribution in [3.8, 4) is 0 Å². The van der Waals surface area contributed by atoms with Gasteiger partial charge in [0.25, 0.3) is 0 Å². The second-order valence-electron chi connectivity index (χ2n) is 5.98. The molecule has 0 saturated carbocycles. The largest absolute Gasteiger partial charge is 0.381 e. The highest BCUT2D eigenvalue weighted by molar-refractivity contribution is 14.0. The summed E-state index contributed by atoms with van der Waals surface area (Å²) in [6.45, 7) is 16.2. The van der Waals surface area contributed by atoms with Gasteiger partial charge in [-0.25, -0.2) is 0 Å². The van der Waals surface area contributed by atoms with Crippen LogP contribution < -0.4 is 10.6 Å². The number of hydrogen-bond donors (Lipinski definition) is 2. The number of ether oxygens (including phenoxy) is 2. The van der Waals surface area contributed by atoms with E-state index >= 15 is 0 Å². The highest BCUT2D eigenvalue weighted by Crippen LogP contribution is 1.94. The van der Waals surface area contributed by atoms with Crippen LogP contribution in [0.3, 0.4) is 0 Å². The molecule has 0 aromatic carbocycles. The minimum atomic E-state index is 0. The molecule has 0 aliphatic heterocycles. The zero-order valence-corrected chi connectivity index (χ0v) is 17.3. The van der Waals surface area contributed by atoms with Crippen molar-refractivity contribution in [3.63, 3.8) is 0 Å². The van der Waals surface area contributed by atoms with Gasteiger partial charge in [0.2, 0.25) is 0 Å². The minimum absolute atomic E-state index is 0. The van der Waals surface area contributed by atoms with Crippen LogP contribution >= 0.6 is 24.0 Å². The summed E-state index contributed by atoms with van der Waals surface area (Å²) in [7, 11) is 0. The van der Waals surface area contributed by atoms with E-state index in [0.29, 0.717) is 18.4 Å². The first-order valence-electron chi connectivity index (χ1n) is 8.23. The molecule has 0 aliphatic rings. The molecule has 0 heterocycles. The first-order chi connectivity index (χ1) is 10.1. The number of guanidine groups is 1. The van der Waals surface area contributed by atoms with Crippen molar-refractivity contribution in [3.05, 3.63) is 0 Å². The van der Waals surface area contributed by atoms with E-state index in [1.54, 1.807) is 0 Å². The molecule has 0 aliphatic carbocycles. The van der Waals surface area contributed by atoms with Crippen molar-refractivity contribution in [2.45, 2.75) is 41.0 Å². The molecule has 0 radical (unpaired) electrons.